The van der Waals surface area contributed by atoms with E-state index in [1.54, 1.807) is 22.1 Å². The van der Waals surface area contributed by atoms with Gasteiger partial charge in [0.15, 0.2) is 5.65 Å². The number of anilines is 1. The van der Waals surface area contributed by atoms with Crippen molar-refractivity contribution >= 4 is 34.0 Å². The van der Waals surface area contributed by atoms with E-state index >= 15 is 0 Å². The van der Waals surface area contributed by atoms with Crippen LogP contribution in [0.5, 0.6) is 0 Å². The smallest absolute Gasteiger partial charge is 0.256 e. The molecule has 6 heteroatoms. The van der Waals surface area contributed by atoms with E-state index in [1.807, 2.05) is 55.7 Å². The second-order valence-corrected chi connectivity index (χ2v) is 7.07. The van der Waals surface area contributed by atoms with Crippen LogP contribution in [0.3, 0.4) is 0 Å². The van der Waals surface area contributed by atoms with Gasteiger partial charge in [0.1, 0.15) is 0 Å². The molecule has 4 rings (SSSR count). The number of pyridine rings is 1. The predicted octanol–water partition coefficient (Wildman–Crippen LogP) is 4.24. The number of rotatable bonds is 3. The van der Waals surface area contributed by atoms with Crippen molar-refractivity contribution in [1.29, 1.82) is 0 Å². The number of carbonyl (C=O) groups is 1. The van der Waals surface area contributed by atoms with Crippen LogP contribution in [-0.2, 0) is 7.05 Å². The highest BCUT2D eigenvalue weighted by molar-refractivity contribution is 7.13. The van der Waals surface area contributed by atoms with Crippen LogP contribution in [-0.4, -0.2) is 20.7 Å². The second-order valence-electron chi connectivity index (χ2n) is 6.12. The highest BCUT2D eigenvalue weighted by Crippen LogP contribution is 2.29. The Labute approximate surface area is 160 Å². The average Bonchev–Trinajstić information content (AvgIpc) is 3.30. The summed E-state index contributed by atoms with van der Waals surface area (Å²) in [5.41, 5.74) is 4.11. The van der Waals surface area contributed by atoms with Gasteiger partial charge in [0.2, 0.25) is 0 Å². The quantitative estimate of drug-likeness (QED) is 0.547. The van der Waals surface area contributed by atoms with Crippen molar-refractivity contribution in [2.24, 2.45) is 7.05 Å². The molecule has 5 nitrogen and oxygen atoms in total. The zero-order valence-electron chi connectivity index (χ0n) is 14.9. The highest BCUT2D eigenvalue weighted by atomic mass is 32.1. The number of fused-ring (bicyclic) bond motifs is 1. The maximum atomic E-state index is 13.1. The summed E-state index contributed by atoms with van der Waals surface area (Å²) in [5, 5.41) is 10.1. The summed E-state index contributed by atoms with van der Waals surface area (Å²) in [4.78, 5) is 18.8. The molecule has 1 aromatic carbocycles. The Morgan fingerprint density at radius 2 is 2.11 bits per heavy atom. The largest absolute Gasteiger partial charge is 0.322 e. The molecule has 0 saturated heterocycles. The minimum absolute atomic E-state index is 0.217. The number of aryl methyl sites for hydroxylation is 2. The Bertz CT molecular complexity index is 1200. The van der Waals surface area contributed by atoms with Gasteiger partial charge in [0.05, 0.1) is 27.2 Å². The molecule has 0 aliphatic carbocycles. The molecule has 4 aromatic rings. The van der Waals surface area contributed by atoms with Crippen LogP contribution >= 0.6 is 11.3 Å². The van der Waals surface area contributed by atoms with E-state index in [1.165, 1.54) is 0 Å². The number of nitrogens with zero attached hydrogens (tertiary/aromatic N) is 3. The normalized spacial score (nSPS) is 10.7. The molecular formula is C21H16N4OS. The predicted molar refractivity (Wildman–Crippen MR) is 109 cm³/mol. The molecule has 1 N–H and O–H groups in total. The van der Waals surface area contributed by atoms with Crippen LogP contribution in [0, 0.1) is 19.3 Å². The maximum absolute atomic E-state index is 13.1. The lowest BCUT2D eigenvalue weighted by atomic mass is 10.1. The first-order valence-electron chi connectivity index (χ1n) is 8.33. The van der Waals surface area contributed by atoms with Crippen LogP contribution < -0.4 is 5.32 Å². The Balaban J connectivity index is 1.84. The van der Waals surface area contributed by atoms with Gasteiger partial charge in [-0.2, -0.15) is 5.10 Å². The Hall–Kier alpha value is -3.43. The zero-order valence-corrected chi connectivity index (χ0v) is 15.7. The molecule has 0 aliphatic heterocycles. The van der Waals surface area contributed by atoms with Gasteiger partial charge in [0.25, 0.3) is 5.91 Å². The van der Waals surface area contributed by atoms with E-state index in [-0.39, 0.29) is 5.91 Å². The van der Waals surface area contributed by atoms with Crippen molar-refractivity contribution in [2.75, 3.05) is 5.32 Å². The van der Waals surface area contributed by atoms with Gasteiger partial charge in [-0.15, -0.1) is 17.8 Å². The van der Waals surface area contributed by atoms with Gasteiger partial charge in [-0.05, 0) is 42.6 Å². The summed E-state index contributed by atoms with van der Waals surface area (Å²) in [6.07, 6.45) is 5.45. The van der Waals surface area contributed by atoms with Crippen LogP contribution in [0.1, 0.15) is 21.6 Å². The number of amides is 1. The third kappa shape index (κ3) is 3.09. The molecule has 1 amide bonds. The summed E-state index contributed by atoms with van der Waals surface area (Å²) >= 11 is 1.58. The molecule has 0 spiro atoms. The van der Waals surface area contributed by atoms with Crippen LogP contribution in [0.15, 0.2) is 47.8 Å². The van der Waals surface area contributed by atoms with Crippen molar-refractivity contribution in [2.45, 2.75) is 6.92 Å². The lowest BCUT2D eigenvalue weighted by Gasteiger charge is -2.09. The summed E-state index contributed by atoms with van der Waals surface area (Å²) < 4.78 is 1.71. The lowest BCUT2D eigenvalue weighted by molar-refractivity contribution is 0.102. The van der Waals surface area contributed by atoms with E-state index < -0.39 is 0 Å². The van der Waals surface area contributed by atoms with E-state index in [0.717, 1.165) is 21.7 Å². The Kier molecular flexibility index (Phi) is 4.22. The number of terminal acetylenes is 1. The fraction of sp³-hybridized carbons (Fsp3) is 0.0952. The van der Waals surface area contributed by atoms with Crippen LogP contribution in [0.2, 0.25) is 0 Å². The highest BCUT2D eigenvalue weighted by Gasteiger charge is 2.19. The average molecular weight is 372 g/mol. The number of hydrogen-bond donors (Lipinski definition) is 1. The topological polar surface area (TPSA) is 59.8 Å². The summed E-state index contributed by atoms with van der Waals surface area (Å²) in [6.45, 7) is 1.88. The Morgan fingerprint density at radius 1 is 1.26 bits per heavy atom. The molecule has 0 fully saturated rings. The van der Waals surface area contributed by atoms with E-state index in [0.29, 0.717) is 22.5 Å². The first-order chi connectivity index (χ1) is 13.1. The molecule has 0 saturated carbocycles. The second kappa shape index (κ2) is 6.71. The molecule has 3 aromatic heterocycles. The maximum Gasteiger partial charge on any atom is 0.256 e. The molecule has 0 unspecified atom stereocenters. The van der Waals surface area contributed by atoms with Gasteiger partial charge in [-0.25, -0.2) is 4.98 Å². The van der Waals surface area contributed by atoms with Crippen LogP contribution in [0.4, 0.5) is 5.69 Å². The summed E-state index contributed by atoms with van der Waals surface area (Å²) in [5.74, 6) is 2.36. The fourth-order valence-corrected chi connectivity index (χ4v) is 3.75. The molecule has 132 valence electrons. The summed E-state index contributed by atoms with van der Waals surface area (Å²) in [7, 11) is 1.83. The molecule has 0 atom stereocenters. The number of aromatic nitrogens is 3. The molecule has 0 radical (unpaired) electrons. The molecule has 27 heavy (non-hydrogen) atoms. The van der Waals surface area contributed by atoms with Crippen molar-refractivity contribution in [3.8, 4) is 22.9 Å². The number of benzene rings is 1. The zero-order chi connectivity index (χ0) is 19.0. The van der Waals surface area contributed by atoms with Crippen molar-refractivity contribution in [3.63, 3.8) is 0 Å². The number of carbonyl (C=O) groups excluding carboxylic acids is 1. The molecule has 0 aliphatic rings. The summed E-state index contributed by atoms with van der Waals surface area (Å²) in [6, 6.07) is 13.0. The number of hydrogen-bond acceptors (Lipinski definition) is 4. The number of thiophene rings is 1. The van der Waals surface area contributed by atoms with E-state index in [4.69, 9.17) is 11.4 Å². The lowest BCUT2D eigenvalue weighted by Crippen LogP contribution is -2.13. The molecule has 3 heterocycles. The molecular weight excluding hydrogens is 356 g/mol. The molecule has 0 bridgehead atoms. The first-order valence-corrected chi connectivity index (χ1v) is 9.21. The van der Waals surface area contributed by atoms with Crippen molar-refractivity contribution in [1.82, 2.24) is 14.8 Å². The minimum Gasteiger partial charge on any atom is -0.322 e. The van der Waals surface area contributed by atoms with E-state index in [2.05, 4.69) is 16.3 Å². The van der Waals surface area contributed by atoms with Gasteiger partial charge in [-0.3, -0.25) is 9.48 Å². The van der Waals surface area contributed by atoms with Crippen LogP contribution in [0.25, 0.3) is 21.6 Å². The SMILES string of the molecule is C#Cc1cccc(NC(=O)c2cc(-c3cccs3)nc3c2c(C)nn3C)c1. The monoisotopic (exact) mass is 372 g/mol. The van der Waals surface area contributed by atoms with Crippen molar-refractivity contribution < 1.29 is 4.79 Å². The fourth-order valence-electron chi connectivity index (χ4n) is 3.06. The van der Waals surface area contributed by atoms with E-state index in [9.17, 15) is 4.79 Å². The third-order valence-electron chi connectivity index (χ3n) is 4.27. The van der Waals surface area contributed by atoms with Gasteiger partial charge < -0.3 is 5.32 Å². The van der Waals surface area contributed by atoms with Gasteiger partial charge in [0, 0.05) is 18.3 Å². The van der Waals surface area contributed by atoms with Gasteiger partial charge >= 0.3 is 0 Å². The Morgan fingerprint density at radius 3 is 2.85 bits per heavy atom. The number of nitrogens with one attached hydrogen (secondary N) is 1. The first kappa shape index (κ1) is 17.0. The third-order valence-corrected chi connectivity index (χ3v) is 5.17. The van der Waals surface area contributed by atoms with Gasteiger partial charge in [-0.1, -0.05) is 18.1 Å². The van der Waals surface area contributed by atoms with Crippen molar-refractivity contribution in [3.05, 3.63) is 64.7 Å². The minimum atomic E-state index is -0.217. The standard InChI is InChI=1S/C21H16N4OS/c1-4-14-7-5-8-15(11-14)22-21(26)16-12-17(18-9-6-10-27-18)23-20-19(16)13(2)24-25(20)3/h1,5-12H,2-3H3,(H,22,26).